The fourth-order valence-electron chi connectivity index (χ4n) is 1.42. The topological polar surface area (TPSA) is 41.6 Å². The van der Waals surface area contributed by atoms with Crippen molar-refractivity contribution < 1.29 is 9.53 Å². The van der Waals surface area contributed by atoms with E-state index in [-0.39, 0.29) is 12.1 Å². The van der Waals surface area contributed by atoms with Crippen LogP contribution in [0.3, 0.4) is 0 Å². The fourth-order valence-corrected chi connectivity index (χ4v) is 1.42. The van der Waals surface area contributed by atoms with Crippen LogP contribution in [-0.4, -0.2) is 42.3 Å². The van der Waals surface area contributed by atoms with Crippen molar-refractivity contribution in [3.63, 3.8) is 0 Å². The highest BCUT2D eigenvalue weighted by atomic mass is 16.6. The largest absolute Gasteiger partial charge is 0.444 e. The maximum absolute atomic E-state index is 11.5. The monoisotopic (exact) mass is 230 g/mol. The molecule has 0 aromatic rings. The predicted molar refractivity (Wildman–Crippen MR) is 66.6 cm³/mol. The Hall–Kier alpha value is -0.770. The molecule has 96 valence electrons. The molecule has 1 atom stereocenters. The normalized spacial score (nSPS) is 13.7. The Morgan fingerprint density at radius 1 is 1.31 bits per heavy atom. The first kappa shape index (κ1) is 15.2. The number of alkyl carbamates (subject to hydrolysis) is 1. The molecule has 1 unspecified atom stereocenters. The van der Waals surface area contributed by atoms with E-state index in [1.54, 1.807) is 0 Å². The third-order valence-electron chi connectivity index (χ3n) is 2.19. The number of amides is 1. The molecule has 4 heteroatoms. The third-order valence-corrected chi connectivity index (χ3v) is 2.19. The molecule has 0 saturated carbocycles. The van der Waals surface area contributed by atoms with Crippen molar-refractivity contribution >= 4 is 6.09 Å². The zero-order valence-corrected chi connectivity index (χ0v) is 11.5. The fraction of sp³-hybridized carbons (Fsp3) is 0.917. The molecule has 0 aromatic heterocycles. The molecule has 4 nitrogen and oxygen atoms in total. The van der Waals surface area contributed by atoms with Crippen LogP contribution in [-0.2, 0) is 4.74 Å². The molecule has 16 heavy (non-hydrogen) atoms. The van der Waals surface area contributed by atoms with Gasteiger partial charge in [0.15, 0.2) is 0 Å². The van der Waals surface area contributed by atoms with Crippen molar-refractivity contribution in [2.24, 2.45) is 0 Å². The van der Waals surface area contributed by atoms with E-state index in [1.807, 2.05) is 27.7 Å². The van der Waals surface area contributed by atoms with Crippen molar-refractivity contribution in [2.75, 3.05) is 19.6 Å². The van der Waals surface area contributed by atoms with Crippen LogP contribution in [0.1, 0.15) is 41.5 Å². The number of ether oxygens (including phenoxy) is 1. The SMILES string of the molecule is CCN(CC)CC(C)NC(=O)OC(C)(C)C. The lowest BCUT2D eigenvalue weighted by molar-refractivity contribution is 0.0498. The van der Waals surface area contributed by atoms with Crippen LogP contribution in [0.2, 0.25) is 0 Å². The molecule has 0 aliphatic heterocycles. The Morgan fingerprint density at radius 3 is 2.19 bits per heavy atom. The summed E-state index contributed by atoms with van der Waals surface area (Å²) in [4.78, 5) is 13.7. The quantitative estimate of drug-likeness (QED) is 0.787. The highest BCUT2D eigenvalue weighted by Gasteiger charge is 2.18. The molecule has 0 rings (SSSR count). The number of hydrogen-bond donors (Lipinski definition) is 1. The molecule has 0 fully saturated rings. The zero-order valence-electron chi connectivity index (χ0n) is 11.5. The Morgan fingerprint density at radius 2 is 1.81 bits per heavy atom. The summed E-state index contributed by atoms with van der Waals surface area (Å²) in [5.41, 5.74) is -0.432. The molecular formula is C12H26N2O2. The number of nitrogens with zero attached hydrogens (tertiary/aromatic N) is 1. The summed E-state index contributed by atoms with van der Waals surface area (Å²) in [5, 5.41) is 2.83. The van der Waals surface area contributed by atoms with E-state index in [0.717, 1.165) is 19.6 Å². The molecule has 0 aromatic carbocycles. The van der Waals surface area contributed by atoms with Gasteiger partial charge in [0.2, 0.25) is 0 Å². The second kappa shape index (κ2) is 6.74. The minimum atomic E-state index is -0.432. The number of nitrogens with one attached hydrogen (secondary N) is 1. The van der Waals surface area contributed by atoms with Gasteiger partial charge in [0.05, 0.1) is 0 Å². The number of rotatable bonds is 5. The first-order valence-electron chi connectivity index (χ1n) is 6.00. The van der Waals surface area contributed by atoms with Gasteiger partial charge < -0.3 is 15.0 Å². The van der Waals surface area contributed by atoms with Gasteiger partial charge in [0.1, 0.15) is 5.60 Å². The Bertz CT molecular complexity index is 208. The molecule has 1 N–H and O–H groups in total. The van der Waals surface area contributed by atoms with E-state index in [0.29, 0.717) is 0 Å². The summed E-state index contributed by atoms with van der Waals surface area (Å²) < 4.78 is 5.19. The third kappa shape index (κ3) is 7.51. The van der Waals surface area contributed by atoms with Crippen LogP contribution in [0, 0.1) is 0 Å². The van der Waals surface area contributed by atoms with Gasteiger partial charge in [-0.15, -0.1) is 0 Å². The zero-order chi connectivity index (χ0) is 12.8. The maximum atomic E-state index is 11.5. The van der Waals surface area contributed by atoms with Crippen LogP contribution in [0.15, 0.2) is 0 Å². The Kier molecular flexibility index (Phi) is 6.41. The van der Waals surface area contributed by atoms with Crippen molar-refractivity contribution in [1.82, 2.24) is 10.2 Å². The van der Waals surface area contributed by atoms with Crippen molar-refractivity contribution in [3.05, 3.63) is 0 Å². The van der Waals surface area contributed by atoms with Crippen molar-refractivity contribution in [3.8, 4) is 0 Å². The molecule has 0 aliphatic carbocycles. The van der Waals surface area contributed by atoms with E-state index >= 15 is 0 Å². The van der Waals surface area contributed by atoms with E-state index in [2.05, 4.69) is 24.1 Å². The molecule has 1 amide bonds. The van der Waals surface area contributed by atoms with Gasteiger partial charge in [-0.2, -0.15) is 0 Å². The van der Waals surface area contributed by atoms with E-state index in [1.165, 1.54) is 0 Å². The first-order valence-corrected chi connectivity index (χ1v) is 6.00. The average molecular weight is 230 g/mol. The first-order chi connectivity index (χ1) is 7.28. The van der Waals surface area contributed by atoms with Gasteiger partial charge in [0, 0.05) is 12.6 Å². The van der Waals surface area contributed by atoms with Gasteiger partial charge in [-0.25, -0.2) is 4.79 Å². The summed E-state index contributed by atoms with van der Waals surface area (Å²) in [6, 6.07) is 0.106. The molecule has 0 spiro atoms. The van der Waals surface area contributed by atoms with Gasteiger partial charge in [-0.3, -0.25) is 0 Å². The van der Waals surface area contributed by atoms with Gasteiger partial charge in [-0.1, -0.05) is 13.8 Å². The molecule has 0 heterocycles. The summed E-state index contributed by atoms with van der Waals surface area (Å²) >= 11 is 0. The highest BCUT2D eigenvalue weighted by molar-refractivity contribution is 5.68. The highest BCUT2D eigenvalue weighted by Crippen LogP contribution is 2.06. The van der Waals surface area contributed by atoms with Gasteiger partial charge in [0.25, 0.3) is 0 Å². The molecule has 0 aliphatic rings. The minimum absolute atomic E-state index is 0.106. The number of hydrogen-bond acceptors (Lipinski definition) is 3. The van der Waals surface area contributed by atoms with Crippen molar-refractivity contribution in [2.45, 2.75) is 53.2 Å². The maximum Gasteiger partial charge on any atom is 0.407 e. The number of carbonyl (C=O) groups is 1. The number of likely N-dealkylation sites (N-methyl/N-ethyl adjacent to an activating group) is 1. The molecular weight excluding hydrogens is 204 g/mol. The Labute approximate surface area is 99.3 Å². The van der Waals surface area contributed by atoms with Crippen LogP contribution in [0.4, 0.5) is 4.79 Å². The van der Waals surface area contributed by atoms with Gasteiger partial charge >= 0.3 is 6.09 Å². The average Bonchev–Trinajstić information content (AvgIpc) is 2.10. The van der Waals surface area contributed by atoms with E-state index in [9.17, 15) is 4.79 Å². The minimum Gasteiger partial charge on any atom is -0.444 e. The van der Waals surface area contributed by atoms with Crippen LogP contribution < -0.4 is 5.32 Å². The smallest absolute Gasteiger partial charge is 0.407 e. The summed E-state index contributed by atoms with van der Waals surface area (Å²) in [5.74, 6) is 0. The Balaban J connectivity index is 3.95. The summed E-state index contributed by atoms with van der Waals surface area (Å²) in [7, 11) is 0. The summed E-state index contributed by atoms with van der Waals surface area (Å²) in [6.07, 6.45) is -0.341. The lowest BCUT2D eigenvalue weighted by atomic mass is 10.2. The van der Waals surface area contributed by atoms with Crippen LogP contribution >= 0.6 is 0 Å². The number of carbonyl (C=O) groups excluding carboxylic acids is 1. The van der Waals surface area contributed by atoms with E-state index < -0.39 is 5.60 Å². The molecule has 0 radical (unpaired) electrons. The molecule has 0 saturated heterocycles. The standard InChI is InChI=1S/C12H26N2O2/c1-7-14(8-2)9-10(3)13-11(15)16-12(4,5)6/h10H,7-9H2,1-6H3,(H,13,15). The van der Waals surface area contributed by atoms with E-state index in [4.69, 9.17) is 4.74 Å². The summed E-state index contributed by atoms with van der Waals surface area (Å²) in [6.45, 7) is 14.7. The second-order valence-corrected chi connectivity index (χ2v) is 5.03. The second-order valence-electron chi connectivity index (χ2n) is 5.03. The van der Waals surface area contributed by atoms with Crippen LogP contribution in [0.25, 0.3) is 0 Å². The van der Waals surface area contributed by atoms with Crippen LogP contribution in [0.5, 0.6) is 0 Å². The van der Waals surface area contributed by atoms with Gasteiger partial charge in [-0.05, 0) is 40.8 Å². The molecule has 0 bridgehead atoms. The lowest BCUT2D eigenvalue weighted by Crippen LogP contribution is -2.43. The lowest BCUT2D eigenvalue weighted by Gasteiger charge is -2.25. The predicted octanol–water partition coefficient (Wildman–Crippen LogP) is 2.24. The van der Waals surface area contributed by atoms with Crippen molar-refractivity contribution in [1.29, 1.82) is 0 Å².